The van der Waals surface area contributed by atoms with E-state index >= 15 is 0 Å². The summed E-state index contributed by atoms with van der Waals surface area (Å²) in [6.07, 6.45) is 0. The lowest BCUT2D eigenvalue weighted by molar-refractivity contribution is -0.113. The molecule has 1 N–H and O–H groups in total. The molecule has 12 heteroatoms. The molecule has 0 spiro atoms. The van der Waals surface area contributed by atoms with E-state index < -0.39 is 10.0 Å². The van der Waals surface area contributed by atoms with Gasteiger partial charge in [-0.15, -0.1) is 5.10 Å². The van der Waals surface area contributed by atoms with Crippen LogP contribution in [0.1, 0.15) is 0 Å². The van der Waals surface area contributed by atoms with Crippen molar-refractivity contribution < 1.29 is 13.2 Å². The van der Waals surface area contributed by atoms with Gasteiger partial charge in [-0.2, -0.15) is 4.68 Å². The Morgan fingerprint density at radius 3 is 2.62 bits per heavy atom. The topological polar surface area (TPSA) is 110 Å². The van der Waals surface area contributed by atoms with Gasteiger partial charge in [-0.3, -0.25) is 4.79 Å². The summed E-state index contributed by atoms with van der Waals surface area (Å²) in [6.45, 7) is 0. The molecular formula is C17H17ClN6O3S2. The van der Waals surface area contributed by atoms with E-state index in [-0.39, 0.29) is 16.6 Å². The molecule has 0 aliphatic rings. The minimum atomic E-state index is -3.58. The molecule has 0 saturated carbocycles. The highest BCUT2D eigenvalue weighted by molar-refractivity contribution is 7.99. The number of aromatic nitrogens is 4. The van der Waals surface area contributed by atoms with Crippen molar-refractivity contribution in [3.63, 3.8) is 0 Å². The van der Waals surface area contributed by atoms with Crippen LogP contribution in [0.5, 0.6) is 0 Å². The van der Waals surface area contributed by atoms with E-state index in [4.69, 9.17) is 11.6 Å². The monoisotopic (exact) mass is 452 g/mol. The highest BCUT2D eigenvalue weighted by atomic mass is 35.5. The van der Waals surface area contributed by atoms with E-state index in [0.29, 0.717) is 21.6 Å². The van der Waals surface area contributed by atoms with Crippen LogP contribution in [0.2, 0.25) is 5.02 Å². The summed E-state index contributed by atoms with van der Waals surface area (Å²) in [4.78, 5) is 12.4. The fourth-order valence-electron chi connectivity index (χ4n) is 2.29. The number of hydrogen-bond acceptors (Lipinski definition) is 7. The Kier molecular flexibility index (Phi) is 6.52. The average Bonchev–Trinajstić information content (AvgIpc) is 3.15. The number of hydrogen-bond donors (Lipinski definition) is 1. The first-order valence-electron chi connectivity index (χ1n) is 8.27. The number of anilines is 1. The molecule has 0 fully saturated rings. The third-order valence-corrected chi connectivity index (χ3v) is 6.72. The number of rotatable bonds is 7. The second-order valence-corrected chi connectivity index (χ2v) is 9.53. The highest BCUT2D eigenvalue weighted by Crippen LogP contribution is 2.21. The van der Waals surface area contributed by atoms with Crippen LogP contribution in [0.15, 0.2) is 58.6 Å². The maximum absolute atomic E-state index is 12.3. The minimum absolute atomic E-state index is 0.0403. The third-order valence-electron chi connectivity index (χ3n) is 3.74. The Balaban J connectivity index is 1.66. The maximum atomic E-state index is 12.3. The highest BCUT2D eigenvalue weighted by Gasteiger charge is 2.18. The van der Waals surface area contributed by atoms with Gasteiger partial charge in [0.05, 0.1) is 16.3 Å². The van der Waals surface area contributed by atoms with Gasteiger partial charge >= 0.3 is 0 Å². The quantitative estimate of drug-likeness (QED) is 0.547. The van der Waals surface area contributed by atoms with Gasteiger partial charge in [0.2, 0.25) is 21.1 Å². The van der Waals surface area contributed by atoms with Crippen LogP contribution >= 0.6 is 23.4 Å². The van der Waals surface area contributed by atoms with E-state index in [2.05, 4.69) is 20.8 Å². The van der Waals surface area contributed by atoms with Gasteiger partial charge in [-0.05, 0) is 52.9 Å². The molecule has 0 aliphatic heterocycles. The number of benzene rings is 2. The molecule has 0 saturated heterocycles. The number of amides is 1. The number of nitrogens with zero attached hydrogens (tertiary/aromatic N) is 5. The normalized spacial score (nSPS) is 11.6. The number of tetrazole rings is 1. The van der Waals surface area contributed by atoms with Gasteiger partial charge in [0.1, 0.15) is 0 Å². The molecule has 3 rings (SSSR count). The van der Waals surface area contributed by atoms with Crippen molar-refractivity contribution >= 4 is 45.0 Å². The van der Waals surface area contributed by atoms with Gasteiger partial charge in [0.25, 0.3) is 0 Å². The fraction of sp³-hybridized carbons (Fsp3) is 0.176. The van der Waals surface area contributed by atoms with Crippen molar-refractivity contribution in [3.8, 4) is 5.69 Å². The summed E-state index contributed by atoms with van der Waals surface area (Å²) >= 11 is 7.04. The van der Waals surface area contributed by atoms with Crippen LogP contribution in [0.4, 0.5) is 5.69 Å². The summed E-state index contributed by atoms with van der Waals surface area (Å²) in [5.41, 5.74) is 1.10. The van der Waals surface area contributed by atoms with Gasteiger partial charge in [-0.1, -0.05) is 29.4 Å². The Morgan fingerprint density at radius 1 is 1.21 bits per heavy atom. The van der Waals surface area contributed by atoms with E-state index in [1.54, 1.807) is 36.4 Å². The van der Waals surface area contributed by atoms with Crippen molar-refractivity contribution in [1.29, 1.82) is 0 Å². The molecule has 0 atom stereocenters. The number of sulfonamides is 1. The molecule has 152 valence electrons. The summed E-state index contributed by atoms with van der Waals surface area (Å²) in [5.74, 6) is -0.279. The Labute approximate surface area is 177 Å². The predicted octanol–water partition coefficient (Wildman–Crippen LogP) is 2.30. The van der Waals surface area contributed by atoms with Crippen LogP contribution in [-0.4, -0.2) is 58.7 Å². The van der Waals surface area contributed by atoms with Crippen LogP contribution in [-0.2, 0) is 14.8 Å². The zero-order valence-corrected chi connectivity index (χ0v) is 17.9. The minimum Gasteiger partial charge on any atom is -0.325 e. The van der Waals surface area contributed by atoms with Gasteiger partial charge in [0.15, 0.2) is 0 Å². The molecular weight excluding hydrogens is 436 g/mol. The number of thioether (sulfide) groups is 1. The lowest BCUT2D eigenvalue weighted by Crippen LogP contribution is -2.22. The molecule has 29 heavy (non-hydrogen) atoms. The summed E-state index contributed by atoms with van der Waals surface area (Å²) < 4.78 is 27.1. The molecule has 2 aromatic carbocycles. The number of nitrogens with one attached hydrogen (secondary N) is 1. The fourth-order valence-corrected chi connectivity index (χ4v) is 4.05. The number of carbonyl (C=O) groups excluding carboxylic acids is 1. The van der Waals surface area contributed by atoms with Crippen molar-refractivity contribution in [2.75, 3.05) is 25.2 Å². The first kappa shape index (κ1) is 21.2. The zero-order valence-electron chi connectivity index (χ0n) is 15.5. The second-order valence-electron chi connectivity index (χ2n) is 6.00. The summed E-state index contributed by atoms with van der Waals surface area (Å²) in [7, 11) is -0.692. The molecule has 0 unspecified atom stereocenters. The Hall–Kier alpha value is -2.47. The SMILES string of the molecule is CN(C)S(=O)(=O)c1cccc(NC(=O)CSc2nnnn2-c2ccc(Cl)cc2)c1. The first-order chi connectivity index (χ1) is 13.8. The van der Waals surface area contributed by atoms with Crippen molar-refractivity contribution in [3.05, 3.63) is 53.6 Å². The summed E-state index contributed by atoms with van der Waals surface area (Å²) in [6, 6.07) is 13.0. The molecule has 0 aliphatic carbocycles. The van der Waals surface area contributed by atoms with Crippen molar-refractivity contribution in [2.45, 2.75) is 10.1 Å². The van der Waals surface area contributed by atoms with Gasteiger partial charge in [-0.25, -0.2) is 12.7 Å². The molecule has 3 aromatic rings. The third kappa shape index (κ3) is 5.12. The van der Waals surface area contributed by atoms with Crippen molar-refractivity contribution in [2.24, 2.45) is 0 Å². The van der Waals surface area contributed by atoms with Crippen LogP contribution in [0, 0.1) is 0 Å². The van der Waals surface area contributed by atoms with E-state index in [1.807, 2.05) is 0 Å². The molecule has 0 radical (unpaired) electrons. The summed E-state index contributed by atoms with van der Waals surface area (Å²) in [5, 5.41) is 15.2. The standard InChI is InChI=1S/C17H17ClN6O3S2/c1-23(2)29(26,27)15-5-3-4-13(10-15)19-16(25)11-28-17-20-21-22-24(17)14-8-6-12(18)7-9-14/h3-10H,11H2,1-2H3,(H,19,25). The smallest absolute Gasteiger partial charge is 0.242 e. The predicted molar refractivity (Wildman–Crippen MR) is 111 cm³/mol. The zero-order chi connectivity index (χ0) is 21.0. The second kappa shape index (κ2) is 8.91. The number of carbonyl (C=O) groups is 1. The molecule has 1 aromatic heterocycles. The van der Waals surface area contributed by atoms with E-state index in [0.717, 1.165) is 16.1 Å². The Morgan fingerprint density at radius 2 is 1.93 bits per heavy atom. The van der Waals surface area contributed by atoms with Crippen molar-refractivity contribution in [1.82, 2.24) is 24.5 Å². The van der Waals surface area contributed by atoms with Crippen LogP contribution in [0.25, 0.3) is 5.69 Å². The maximum Gasteiger partial charge on any atom is 0.242 e. The number of halogens is 1. The van der Waals surface area contributed by atoms with Gasteiger partial charge < -0.3 is 5.32 Å². The van der Waals surface area contributed by atoms with Crippen LogP contribution in [0.3, 0.4) is 0 Å². The Bertz CT molecular complexity index is 1120. The molecule has 0 bridgehead atoms. The van der Waals surface area contributed by atoms with E-state index in [9.17, 15) is 13.2 Å². The average molecular weight is 453 g/mol. The van der Waals surface area contributed by atoms with Crippen LogP contribution < -0.4 is 5.32 Å². The lowest BCUT2D eigenvalue weighted by atomic mass is 10.3. The molecule has 1 amide bonds. The largest absolute Gasteiger partial charge is 0.325 e. The first-order valence-corrected chi connectivity index (χ1v) is 11.1. The molecule has 1 heterocycles. The van der Waals surface area contributed by atoms with E-state index in [1.165, 1.54) is 30.9 Å². The lowest BCUT2D eigenvalue weighted by Gasteiger charge is -2.12. The molecule has 9 nitrogen and oxygen atoms in total. The van der Waals surface area contributed by atoms with Gasteiger partial charge in [0, 0.05) is 24.8 Å².